The second kappa shape index (κ2) is 7.19. The Morgan fingerprint density at radius 3 is 2.74 bits per heavy atom. The van der Waals surface area contributed by atoms with Gasteiger partial charge in [0.1, 0.15) is 5.82 Å². The van der Waals surface area contributed by atoms with Crippen molar-refractivity contribution in [2.24, 2.45) is 0 Å². The van der Waals surface area contributed by atoms with Gasteiger partial charge in [-0.15, -0.1) is 11.3 Å². The monoisotopic (exact) mass is 387 g/mol. The number of aryl methyl sites for hydroxylation is 1. The highest BCUT2D eigenvalue weighted by atomic mass is 127. The predicted molar refractivity (Wildman–Crippen MR) is 90.8 cm³/mol. The van der Waals surface area contributed by atoms with Crippen molar-refractivity contribution in [1.82, 2.24) is 9.97 Å². The molecule has 19 heavy (non-hydrogen) atoms. The smallest absolute Gasteiger partial charge is 0.171 e. The Morgan fingerprint density at radius 1 is 1.26 bits per heavy atom. The van der Waals surface area contributed by atoms with Gasteiger partial charge < -0.3 is 5.32 Å². The maximum absolute atomic E-state index is 4.73. The average molecular weight is 387 g/mol. The molecule has 2 rings (SSSR count). The molecular formula is C14H18IN3S. The number of rotatable bonds is 6. The summed E-state index contributed by atoms with van der Waals surface area (Å²) in [6, 6.07) is 4.12. The summed E-state index contributed by atoms with van der Waals surface area (Å²) in [5.41, 5.74) is 1.15. The second-order valence-electron chi connectivity index (χ2n) is 4.31. The zero-order valence-electron chi connectivity index (χ0n) is 11.2. The topological polar surface area (TPSA) is 37.8 Å². The Morgan fingerprint density at radius 2 is 2.11 bits per heavy atom. The standard InChI is InChI=1S/C14H18IN3S/c1-3-6-10-12(15)14(16-8-4-2)18-13(17-10)11-7-5-9-19-11/h5,7,9H,3-4,6,8H2,1-2H3,(H,16,17,18). The number of thiophene rings is 1. The molecule has 102 valence electrons. The number of nitrogens with one attached hydrogen (secondary N) is 1. The molecule has 0 unspecified atom stereocenters. The fourth-order valence-corrected chi connectivity index (χ4v) is 3.13. The summed E-state index contributed by atoms with van der Waals surface area (Å²) in [5.74, 6) is 1.82. The van der Waals surface area contributed by atoms with Crippen LogP contribution in [0.3, 0.4) is 0 Å². The van der Waals surface area contributed by atoms with E-state index in [1.54, 1.807) is 11.3 Å². The molecular weight excluding hydrogens is 369 g/mol. The van der Waals surface area contributed by atoms with Gasteiger partial charge in [0.05, 0.1) is 14.1 Å². The lowest BCUT2D eigenvalue weighted by Gasteiger charge is -2.11. The number of halogens is 1. The predicted octanol–water partition coefficient (Wildman–Crippen LogP) is 4.58. The van der Waals surface area contributed by atoms with Crippen LogP contribution in [0.2, 0.25) is 0 Å². The Hall–Kier alpha value is -0.690. The van der Waals surface area contributed by atoms with E-state index in [-0.39, 0.29) is 0 Å². The third-order valence-corrected chi connectivity index (χ3v) is 4.69. The second-order valence-corrected chi connectivity index (χ2v) is 6.34. The van der Waals surface area contributed by atoms with Gasteiger partial charge in [0.25, 0.3) is 0 Å². The number of aromatic nitrogens is 2. The molecule has 1 N–H and O–H groups in total. The molecule has 5 heteroatoms. The molecule has 2 aromatic heterocycles. The Kier molecular flexibility index (Phi) is 5.57. The molecule has 0 atom stereocenters. The van der Waals surface area contributed by atoms with Crippen molar-refractivity contribution in [2.75, 3.05) is 11.9 Å². The summed E-state index contributed by atoms with van der Waals surface area (Å²) in [6.07, 6.45) is 3.20. The van der Waals surface area contributed by atoms with Gasteiger partial charge in [-0.2, -0.15) is 0 Å². The molecule has 0 aromatic carbocycles. The summed E-state index contributed by atoms with van der Waals surface area (Å²) in [7, 11) is 0. The molecule has 0 amide bonds. The SMILES string of the molecule is CCCNc1nc(-c2cccs2)nc(CCC)c1I. The first-order valence-electron chi connectivity index (χ1n) is 6.60. The minimum absolute atomic E-state index is 0.845. The molecule has 2 aromatic rings. The molecule has 0 spiro atoms. The van der Waals surface area contributed by atoms with E-state index >= 15 is 0 Å². The van der Waals surface area contributed by atoms with E-state index in [0.717, 1.165) is 51.6 Å². The molecule has 0 aliphatic heterocycles. The van der Waals surface area contributed by atoms with E-state index in [1.807, 2.05) is 6.07 Å². The lowest BCUT2D eigenvalue weighted by atomic mass is 10.2. The van der Waals surface area contributed by atoms with Gasteiger partial charge in [0.2, 0.25) is 0 Å². The minimum atomic E-state index is 0.845. The maximum Gasteiger partial charge on any atom is 0.171 e. The molecule has 0 saturated heterocycles. The highest BCUT2D eigenvalue weighted by Crippen LogP contribution is 2.27. The highest BCUT2D eigenvalue weighted by molar-refractivity contribution is 14.1. The summed E-state index contributed by atoms with van der Waals surface area (Å²) in [4.78, 5) is 10.5. The van der Waals surface area contributed by atoms with Crippen LogP contribution in [-0.4, -0.2) is 16.5 Å². The number of hydrogen-bond acceptors (Lipinski definition) is 4. The van der Waals surface area contributed by atoms with E-state index < -0.39 is 0 Å². The van der Waals surface area contributed by atoms with E-state index in [9.17, 15) is 0 Å². The molecule has 0 radical (unpaired) electrons. The number of anilines is 1. The summed E-state index contributed by atoms with van der Waals surface area (Å²) in [6.45, 7) is 5.29. The first kappa shape index (κ1) is 14.7. The normalized spacial score (nSPS) is 10.7. The number of nitrogens with zero attached hydrogens (tertiary/aromatic N) is 2. The Bertz CT molecular complexity index is 526. The van der Waals surface area contributed by atoms with Crippen LogP contribution >= 0.6 is 33.9 Å². The van der Waals surface area contributed by atoms with Crippen LogP contribution in [0.1, 0.15) is 32.4 Å². The highest BCUT2D eigenvalue weighted by Gasteiger charge is 2.13. The van der Waals surface area contributed by atoms with Crippen LogP contribution in [0.25, 0.3) is 10.7 Å². The molecule has 0 aliphatic rings. The first-order valence-corrected chi connectivity index (χ1v) is 8.56. The molecule has 0 saturated carbocycles. The van der Waals surface area contributed by atoms with Crippen molar-refractivity contribution in [3.63, 3.8) is 0 Å². The van der Waals surface area contributed by atoms with Crippen molar-refractivity contribution < 1.29 is 0 Å². The largest absolute Gasteiger partial charge is 0.369 e. The molecule has 2 heterocycles. The van der Waals surface area contributed by atoms with Crippen LogP contribution < -0.4 is 5.32 Å². The lowest BCUT2D eigenvalue weighted by Crippen LogP contribution is -2.09. The van der Waals surface area contributed by atoms with Crippen molar-refractivity contribution in [3.8, 4) is 10.7 Å². The summed E-state index contributed by atoms with van der Waals surface area (Å²) >= 11 is 4.04. The first-order chi connectivity index (χ1) is 9.26. The maximum atomic E-state index is 4.73. The van der Waals surface area contributed by atoms with Gasteiger partial charge >= 0.3 is 0 Å². The van der Waals surface area contributed by atoms with E-state index in [2.05, 4.69) is 58.2 Å². The van der Waals surface area contributed by atoms with Gasteiger partial charge in [-0.05, 0) is 46.9 Å². The zero-order valence-corrected chi connectivity index (χ0v) is 14.2. The van der Waals surface area contributed by atoms with Crippen molar-refractivity contribution in [2.45, 2.75) is 33.1 Å². The van der Waals surface area contributed by atoms with Gasteiger partial charge in [-0.3, -0.25) is 0 Å². The van der Waals surface area contributed by atoms with Crippen LogP contribution in [0.15, 0.2) is 17.5 Å². The van der Waals surface area contributed by atoms with Gasteiger partial charge in [-0.1, -0.05) is 26.3 Å². The van der Waals surface area contributed by atoms with Crippen molar-refractivity contribution >= 4 is 39.7 Å². The van der Waals surface area contributed by atoms with Crippen LogP contribution in [-0.2, 0) is 6.42 Å². The molecule has 0 fully saturated rings. The Balaban J connectivity index is 2.41. The fraction of sp³-hybridized carbons (Fsp3) is 0.429. The van der Waals surface area contributed by atoms with E-state index in [4.69, 9.17) is 4.98 Å². The van der Waals surface area contributed by atoms with Crippen LogP contribution in [0, 0.1) is 3.57 Å². The van der Waals surface area contributed by atoms with Crippen molar-refractivity contribution in [1.29, 1.82) is 0 Å². The third-order valence-electron chi connectivity index (χ3n) is 2.69. The third kappa shape index (κ3) is 3.66. The van der Waals surface area contributed by atoms with E-state index in [0.29, 0.717) is 0 Å². The summed E-state index contributed by atoms with van der Waals surface area (Å²) < 4.78 is 1.16. The van der Waals surface area contributed by atoms with Gasteiger partial charge in [-0.25, -0.2) is 9.97 Å². The number of hydrogen-bond donors (Lipinski definition) is 1. The van der Waals surface area contributed by atoms with Crippen LogP contribution in [0.5, 0.6) is 0 Å². The quantitative estimate of drug-likeness (QED) is 0.738. The van der Waals surface area contributed by atoms with Crippen molar-refractivity contribution in [3.05, 3.63) is 26.8 Å². The molecule has 0 aliphatic carbocycles. The zero-order chi connectivity index (χ0) is 13.7. The summed E-state index contributed by atoms with van der Waals surface area (Å²) in [5, 5.41) is 5.47. The molecule has 3 nitrogen and oxygen atoms in total. The minimum Gasteiger partial charge on any atom is -0.369 e. The average Bonchev–Trinajstić information content (AvgIpc) is 2.94. The Labute approximate surface area is 132 Å². The van der Waals surface area contributed by atoms with Gasteiger partial charge in [0.15, 0.2) is 5.82 Å². The van der Waals surface area contributed by atoms with E-state index in [1.165, 1.54) is 0 Å². The van der Waals surface area contributed by atoms with Crippen LogP contribution in [0.4, 0.5) is 5.82 Å². The van der Waals surface area contributed by atoms with Gasteiger partial charge in [0, 0.05) is 6.54 Å². The molecule has 0 bridgehead atoms. The fourth-order valence-electron chi connectivity index (χ4n) is 1.77. The lowest BCUT2D eigenvalue weighted by molar-refractivity contribution is 0.864.